The molecule has 0 saturated carbocycles. The molecule has 33 heavy (non-hydrogen) atoms. The van der Waals surface area contributed by atoms with Gasteiger partial charge >= 0.3 is 0 Å². The van der Waals surface area contributed by atoms with Crippen LogP contribution >= 0.6 is 0 Å². The van der Waals surface area contributed by atoms with Gasteiger partial charge in [0, 0.05) is 24.7 Å². The van der Waals surface area contributed by atoms with E-state index in [9.17, 15) is 17.6 Å². The van der Waals surface area contributed by atoms with E-state index >= 15 is 0 Å². The molecule has 1 aliphatic heterocycles. The van der Waals surface area contributed by atoms with Crippen molar-refractivity contribution in [2.45, 2.75) is 31.6 Å². The van der Waals surface area contributed by atoms with Gasteiger partial charge in [0.25, 0.3) is 5.56 Å². The molecule has 2 aromatic carbocycles. The van der Waals surface area contributed by atoms with Crippen LogP contribution in [0.3, 0.4) is 0 Å². The molecule has 0 aliphatic carbocycles. The molecule has 7 nitrogen and oxygen atoms in total. The monoisotopic (exact) mass is 471 g/mol. The Morgan fingerprint density at radius 1 is 1.09 bits per heavy atom. The third-order valence-electron chi connectivity index (χ3n) is 5.87. The zero-order valence-electron chi connectivity index (χ0n) is 18.6. The van der Waals surface area contributed by atoms with Crippen molar-refractivity contribution in [2.24, 2.45) is 0 Å². The van der Waals surface area contributed by atoms with Crippen LogP contribution in [0.5, 0.6) is 5.75 Å². The molecule has 1 saturated heterocycles. The van der Waals surface area contributed by atoms with E-state index in [2.05, 4.69) is 5.10 Å². The van der Waals surface area contributed by atoms with Gasteiger partial charge in [-0.25, -0.2) is 21.8 Å². The fourth-order valence-electron chi connectivity index (χ4n) is 4.14. The average molecular weight is 472 g/mol. The highest BCUT2D eigenvalue weighted by molar-refractivity contribution is 7.88. The van der Waals surface area contributed by atoms with Crippen molar-refractivity contribution >= 4 is 10.0 Å². The summed E-state index contributed by atoms with van der Waals surface area (Å²) in [5.74, 6) is -0.427. The maximum atomic E-state index is 14.1. The van der Waals surface area contributed by atoms with Gasteiger partial charge in [-0.1, -0.05) is 29.8 Å². The van der Waals surface area contributed by atoms with Crippen molar-refractivity contribution in [3.8, 4) is 17.0 Å². The largest absolute Gasteiger partial charge is 0.494 e. The molecule has 0 N–H and O–H groups in total. The quantitative estimate of drug-likeness (QED) is 0.549. The molecule has 0 amide bonds. The number of rotatable bonds is 6. The molecule has 4 rings (SSSR count). The predicted molar refractivity (Wildman–Crippen MR) is 124 cm³/mol. The van der Waals surface area contributed by atoms with Crippen LogP contribution < -0.4 is 10.3 Å². The first kappa shape index (κ1) is 23.1. The Kier molecular flexibility index (Phi) is 6.62. The normalized spacial score (nSPS) is 15.5. The summed E-state index contributed by atoms with van der Waals surface area (Å²) in [5.41, 5.74) is 2.50. The fraction of sp³-hybridized carbons (Fsp3) is 0.333. The zero-order chi connectivity index (χ0) is 23.6. The van der Waals surface area contributed by atoms with E-state index in [0.717, 1.165) is 11.1 Å². The van der Waals surface area contributed by atoms with Crippen molar-refractivity contribution in [2.75, 3.05) is 20.2 Å². The fourth-order valence-corrected chi connectivity index (χ4v) is 5.69. The first-order chi connectivity index (χ1) is 15.8. The van der Waals surface area contributed by atoms with E-state index < -0.39 is 15.8 Å². The lowest BCUT2D eigenvalue weighted by molar-refractivity contribution is 0.255. The van der Waals surface area contributed by atoms with Crippen molar-refractivity contribution in [3.63, 3.8) is 0 Å². The van der Waals surface area contributed by atoms with Gasteiger partial charge in [-0.3, -0.25) is 4.79 Å². The predicted octanol–water partition coefficient (Wildman–Crippen LogP) is 3.53. The topological polar surface area (TPSA) is 81.5 Å². The van der Waals surface area contributed by atoms with Gasteiger partial charge in [0.15, 0.2) is 11.6 Å². The lowest BCUT2D eigenvalue weighted by Crippen LogP contribution is -2.41. The Morgan fingerprint density at radius 2 is 1.85 bits per heavy atom. The molecule has 0 radical (unpaired) electrons. The number of halogens is 1. The van der Waals surface area contributed by atoms with E-state index in [0.29, 0.717) is 37.2 Å². The van der Waals surface area contributed by atoms with Gasteiger partial charge in [-0.15, -0.1) is 0 Å². The summed E-state index contributed by atoms with van der Waals surface area (Å²) in [5, 5.41) is 4.46. The molecular weight excluding hydrogens is 445 g/mol. The molecule has 0 bridgehead atoms. The third kappa shape index (κ3) is 5.15. The van der Waals surface area contributed by atoms with E-state index in [1.807, 2.05) is 31.2 Å². The molecule has 0 spiro atoms. The standard InChI is InChI=1S/C24H26FN3O4S/c1-17-4-3-5-18(14-17)16-33(30,31)27-12-10-20(11-13-27)28-24(29)9-7-22(26-28)19-6-8-23(32-2)21(25)15-19/h3-9,14-15,20H,10-13,16H2,1-2H3. The van der Waals surface area contributed by atoms with Crippen LogP contribution in [0.25, 0.3) is 11.3 Å². The first-order valence-corrected chi connectivity index (χ1v) is 12.3. The summed E-state index contributed by atoms with van der Waals surface area (Å²) in [6.45, 7) is 2.56. The number of aromatic nitrogens is 2. The minimum Gasteiger partial charge on any atom is -0.494 e. The Bertz CT molecular complexity index is 1320. The van der Waals surface area contributed by atoms with Crippen LogP contribution in [0.4, 0.5) is 4.39 Å². The second kappa shape index (κ2) is 9.44. The van der Waals surface area contributed by atoms with Gasteiger partial charge in [-0.05, 0) is 49.6 Å². The number of benzene rings is 2. The second-order valence-corrected chi connectivity index (χ2v) is 10.2. The highest BCUT2D eigenvalue weighted by Crippen LogP contribution is 2.27. The van der Waals surface area contributed by atoms with Crippen molar-refractivity contribution in [1.29, 1.82) is 0 Å². The minimum atomic E-state index is -3.46. The molecule has 3 aromatic rings. The van der Waals surface area contributed by atoms with Gasteiger partial charge in [0.1, 0.15) is 0 Å². The lowest BCUT2D eigenvalue weighted by Gasteiger charge is -2.31. The molecule has 1 aromatic heterocycles. The number of nitrogens with zero attached hydrogens (tertiary/aromatic N) is 3. The average Bonchev–Trinajstić information content (AvgIpc) is 2.79. The highest BCUT2D eigenvalue weighted by Gasteiger charge is 2.29. The summed E-state index contributed by atoms with van der Waals surface area (Å²) in [6.07, 6.45) is 0.945. The molecule has 174 valence electrons. The number of sulfonamides is 1. The van der Waals surface area contributed by atoms with Crippen LogP contribution in [0.2, 0.25) is 0 Å². The summed E-state index contributed by atoms with van der Waals surface area (Å²) < 4.78 is 47.7. The van der Waals surface area contributed by atoms with Crippen molar-refractivity contribution in [3.05, 3.63) is 81.9 Å². The maximum absolute atomic E-state index is 14.1. The lowest BCUT2D eigenvalue weighted by atomic mass is 10.1. The molecule has 1 fully saturated rings. The number of hydrogen-bond acceptors (Lipinski definition) is 5. The molecule has 9 heteroatoms. The Labute approximate surface area is 192 Å². The molecular formula is C24H26FN3O4S. The minimum absolute atomic E-state index is 0.0456. The van der Waals surface area contributed by atoms with Crippen LogP contribution in [0.1, 0.15) is 30.0 Å². The first-order valence-electron chi connectivity index (χ1n) is 10.7. The maximum Gasteiger partial charge on any atom is 0.267 e. The van der Waals surface area contributed by atoms with Gasteiger partial charge in [-0.2, -0.15) is 5.10 Å². The number of methoxy groups -OCH3 is 1. The van der Waals surface area contributed by atoms with Gasteiger partial charge < -0.3 is 4.74 Å². The molecule has 1 aliphatic rings. The smallest absolute Gasteiger partial charge is 0.267 e. The molecule has 0 atom stereocenters. The van der Waals surface area contributed by atoms with Crippen LogP contribution in [-0.2, 0) is 15.8 Å². The highest BCUT2D eigenvalue weighted by atomic mass is 32.2. The Hall–Kier alpha value is -3.04. The van der Waals surface area contributed by atoms with E-state index in [4.69, 9.17) is 4.74 Å². The van der Waals surface area contributed by atoms with Crippen molar-refractivity contribution < 1.29 is 17.5 Å². The van der Waals surface area contributed by atoms with Gasteiger partial charge in [0.05, 0.1) is 24.6 Å². The van der Waals surface area contributed by atoms with E-state index in [1.165, 1.54) is 34.3 Å². The van der Waals surface area contributed by atoms with Crippen LogP contribution in [0.15, 0.2) is 59.4 Å². The van der Waals surface area contributed by atoms with Crippen molar-refractivity contribution in [1.82, 2.24) is 14.1 Å². The molecule has 0 unspecified atom stereocenters. The molecule has 2 heterocycles. The summed E-state index contributed by atoms with van der Waals surface area (Å²) in [4.78, 5) is 12.5. The summed E-state index contributed by atoms with van der Waals surface area (Å²) in [6, 6.07) is 14.7. The zero-order valence-corrected chi connectivity index (χ0v) is 19.4. The summed E-state index contributed by atoms with van der Waals surface area (Å²) in [7, 11) is -2.07. The van der Waals surface area contributed by atoms with Crippen LogP contribution in [0, 0.1) is 12.7 Å². The van der Waals surface area contributed by atoms with Crippen LogP contribution in [-0.4, -0.2) is 42.7 Å². The van der Waals surface area contributed by atoms with E-state index in [1.54, 1.807) is 12.1 Å². The third-order valence-corrected chi connectivity index (χ3v) is 7.72. The van der Waals surface area contributed by atoms with Gasteiger partial charge in [0.2, 0.25) is 10.0 Å². The number of ether oxygens (including phenoxy) is 1. The number of aryl methyl sites for hydroxylation is 1. The summed E-state index contributed by atoms with van der Waals surface area (Å²) >= 11 is 0. The number of hydrogen-bond donors (Lipinski definition) is 0. The SMILES string of the molecule is COc1ccc(-c2ccc(=O)n(C3CCN(S(=O)(=O)Cc4cccc(C)c4)CC3)n2)cc1F. The second-order valence-electron chi connectivity index (χ2n) is 8.23. The Balaban J connectivity index is 1.49. The number of piperidine rings is 1. The Morgan fingerprint density at radius 3 is 2.52 bits per heavy atom. The van der Waals surface area contributed by atoms with E-state index in [-0.39, 0.29) is 23.1 Å².